The second kappa shape index (κ2) is 10.0. The van der Waals surface area contributed by atoms with E-state index in [9.17, 15) is 0 Å². The highest BCUT2D eigenvalue weighted by atomic mass is 14.9. The average molecular weight is 537 g/mol. The molecular formula is C38H24N4. The van der Waals surface area contributed by atoms with Crippen molar-refractivity contribution in [2.24, 2.45) is 0 Å². The van der Waals surface area contributed by atoms with Gasteiger partial charge < -0.3 is 0 Å². The van der Waals surface area contributed by atoms with Crippen LogP contribution >= 0.6 is 0 Å². The minimum Gasteiger partial charge on any atom is -0.254 e. The summed E-state index contributed by atoms with van der Waals surface area (Å²) in [5.41, 5.74) is 9.32. The largest absolute Gasteiger partial charge is 0.254 e. The molecule has 0 unspecified atom stereocenters. The maximum Gasteiger partial charge on any atom is 0.159 e. The minimum atomic E-state index is 0.714. The van der Waals surface area contributed by atoms with Crippen molar-refractivity contribution in [1.29, 1.82) is 0 Å². The highest BCUT2D eigenvalue weighted by molar-refractivity contribution is 6.07. The van der Waals surface area contributed by atoms with Gasteiger partial charge in [0.05, 0.1) is 16.7 Å². The first kappa shape index (κ1) is 24.1. The van der Waals surface area contributed by atoms with Crippen LogP contribution in [0.25, 0.3) is 77.5 Å². The van der Waals surface area contributed by atoms with Crippen molar-refractivity contribution in [1.82, 2.24) is 19.9 Å². The molecule has 0 atom stereocenters. The molecule has 0 radical (unpaired) electrons. The Morgan fingerprint density at radius 3 is 1.81 bits per heavy atom. The predicted octanol–water partition coefficient (Wildman–Crippen LogP) is 9.39. The molecule has 196 valence electrons. The van der Waals surface area contributed by atoms with E-state index in [4.69, 9.17) is 4.98 Å². The molecule has 0 aliphatic carbocycles. The summed E-state index contributed by atoms with van der Waals surface area (Å²) >= 11 is 0. The van der Waals surface area contributed by atoms with Crippen molar-refractivity contribution >= 4 is 32.6 Å². The fourth-order valence-corrected chi connectivity index (χ4v) is 5.70. The Balaban J connectivity index is 1.17. The molecule has 8 aromatic rings. The molecule has 42 heavy (non-hydrogen) atoms. The summed E-state index contributed by atoms with van der Waals surface area (Å²) in [7, 11) is 0. The van der Waals surface area contributed by atoms with Gasteiger partial charge in [0.1, 0.15) is 0 Å². The standard InChI is InChI=1S/C38H24N4/c1-2-7-25(8-3-1)30-23-40-38(41-24-30)29-16-12-26(13-17-29)31-19-20-34(33-11-5-4-10-32(31)33)35-21-18-28-15-14-27-9-6-22-39-36(27)37(28)42-35/h1-24H. The fourth-order valence-electron chi connectivity index (χ4n) is 5.70. The molecule has 0 N–H and O–H groups in total. The Bertz CT molecular complexity index is 2220. The zero-order valence-corrected chi connectivity index (χ0v) is 22.6. The van der Waals surface area contributed by atoms with Crippen LogP contribution in [-0.4, -0.2) is 19.9 Å². The lowest BCUT2D eigenvalue weighted by molar-refractivity contribution is 1.18. The van der Waals surface area contributed by atoms with Crippen molar-refractivity contribution in [2.75, 3.05) is 0 Å². The molecule has 0 saturated carbocycles. The number of aromatic nitrogens is 4. The third-order valence-corrected chi connectivity index (χ3v) is 7.85. The van der Waals surface area contributed by atoms with E-state index in [2.05, 4.69) is 118 Å². The lowest BCUT2D eigenvalue weighted by Gasteiger charge is -2.13. The highest BCUT2D eigenvalue weighted by Gasteiger charge is 2.13. The van der Waals surface area contributed by atoms with E-state index in [-0.39, 0.29) is 0 Å². The van der Waals surface area contributed by atoms with Crippen LogP contribution in [0, 0.1) is 0 Å². The van der Waals surface area contributed by atoms with Crippen LogP contribution in [0.15, 0.2) is 146 Å². The summed E-state index contributed by atoms with van der Waals surface area (Å²) in [5, 5.41) is 4.53. The van der Waals surface area contributed by atoms with Gasteiger partial charge in [-0.15, -0.1) is 0 Å². The number of rotatable bonds is 4. The molecule has 0 fully saturated rings. The molecule has 3 aromatic heterocycles. The Morgan fingerprint density at radius 1 is 0.381 bits per heavy atom. The third-order valence-electron chi connectivity index (χ3n) is 7.85. The fraction of sp³-hybridized carbons (Fsp3) is 0. The summed E-state index contributed by atoms with van der Waals surface area (Å²) in [5.74, 6) is 0.714. The molecule has 0 aliphatic rings. The van der Waals surface area contributed by atoms with Gasteiger partial charge in [0.15, 0.2) is 5.82 Å². The van der Waals surface area contributed by atoms with Crippen molar-refractivity contribution in [3.05, 3.63) is 146 Å². The Morgan fingerprint density at radius 2 is 1.02 bits per heavy atom. The van der Waals surface area contributed by atoms with E-state index >= 15 is 0 Å². The molecule has 3 heterocycles. The molecule has 8 rings (SSSR count). The van der Waals surface area contributed by atoms with Crippen LogP contribution in [0.1, 0.15) is 0 Å². The Hall–Kier alpha value is -5.74. The molecule has 0 amide bonds. The van der Waals surface area contributed by atoms with E-state index in [1.165, 1.54) is 16.3 Å². The zero-order valence-electron chi connectivity index (χ0n) is 22.6. The summed E-state index contributed by atoms with van der Waals surface area (Å²) in [6.45, 7) is 0. The van der Waals surface area contributed by atoms with Crippen molar-refractivity contribution < 1.29 is 0 Å². The van der Waals surface area contributed by atoms with E-state index in [1.807, 2.05) is 42.9 Å². The maximum absolute atomic E-state index is 5.12. The van der Waals surface area contributed by atoms with E-state index in [0.29, 0.717) is 5.82 Å². The first-order chi connectivity index (χ1) is 20.8. The molecule has 0 saturated heterocycles. The first-order valence-corrected chi connectivity index (χ1v) is 14.0. The van der Waals surface area contributed by atoms with Gasteiger partial charge in [0.2, 0.25) is 0 Å². The monoisotopic (exact) mass is 536 g/mol. The van der Waals surface area contributed by atoms with Gasteiger partial charge in [0, 0.05) is 46.1 Å². The first-order valence-electron chi connectivity index (χ1n) is 14.0. The minimum absolute atomic E-state index is 0.714. The maximum atomic E-state index is 5.12. The molecule has 4 nitrogen and oxygen atoms in total. The number of pyridine rings is 2. The van der Waals surface area contributed by atoms with Gasteiger partial charge in [-0.05, 0) is 39.6 Å². The Labute approximate surface area is 243 Å². The number of nitrogens with zero attached hydrogens (tertiary/aromatic N) is 4. The number of hydrogen-bond acceptors (Lipinski definition) is 4. The summed E-state index contributed by atoms with van der Waals surface area (Å²) in [6, 6.07) is 44.1. The van der Waals surface area contributed by atoms with Gasteiger partial charge in [-0.3, -0.25) is 4.98 Å². The number of benzene rings is 5. The van der Waals surface area contributed by atoms with Crippen LogP contribution in [0.5, 0.6) is 0 Å². The van der Waals surface area contributed by atoms with Crippen LogP contribution in [0.2, 0.25) is 0 Å². The normalized spacial score (nSPS) is 11.3. The van der Waals surface area contributed by atoms with Crippen LogP contribution in [-0.2, 0) is 0 Å². The van der Waals surface area contributed by atoms with Gasteiger partial charge >= 0.3 is 0 Å². The van der Waals surface area contributed by atoms with Gasteiger partial charge in [-0.2, -0.15) is 0 Å². The van der Waals surface area contributed by atoms with E-state index < -0.39 is 0 Å². The SMILES string of the molecule is c1ccc(-c2cnc(-c3ccc(-c4ccc(-c5ccc6ccc7cccnc7c6n5)c5ccccc45)cc3)nc2)cc1. The van der Waals surface area contributed by atoms with Crippen molar-refractivity contribution in [2.45, 2.75) is 0 Å². The summed E-state index contributed by atoms with van der Waals surface area (Å²) < 4.78 is 0. The van der Waals surface area contributed by atoms with Crippen LogP contribution in [0.3, 0.4) is 0 Å². The number of fused-ring (bicyclic) bond motifs is 4. The van der Waals surface area contributed by atoms with Crippen molar-refractivity contribution in [3.8, 4) is 44.9 Å². The molecule has 0 spiro atoms. The molecule has 0 aliphatic heterocycles. The zero-order chi connectivity index (χ0) is 27.9. The van der Waals surface area contributed by atoms with E-state index in [0.717, 1.165) is 55.3 Å². The van der Waals surface area contributed by atoms with Gasteiger partial charge in [0.25, 0.3) is 0 Å². The Kier molecular flexibility index (Phi) is 5.75. The topological polar surface area (TPSA) is 51.6 Å². The predicted molar refractivity (Wildman–Crippen MR) is 172 cm³/mol. The van der Waals surface area contributed by atoms with Crippen molar-refractivity contribution in [3.63, 3.8) is 0 Å². The lowest BCUT2D eigenvalue weighted by atomic mass is 9.93. The van der Waals surface area contributed by atoms with Gasteiger partial charge in [-0.1, -0.05) is 115 Å². The molecule has 0 bridgehead atoms. The molecule has 5 aromatic carbocycles. The quantitative estimate of drug-likeness (QED) is 0.210. The highest BCUT2D eigenvalue weighted by Crippen LogP contribution is 2.36. The van der Waals surface area contributed by atoms with E-state index in [1.54, 1.807) is 0 Å². The summed E-state index contributed by atoms with van der Waals surface area (Å²) in [4.78, 5) is 19.0. The van der Waals surface area contributed by atoms with Crippen LogP contribution < -0.4 is 0 Å². The smallest absolute Gasteiger partial charge is 0.159 e. The molecule has 4 heteroatoms. The molecular weight excluding hydrogens is 512 g/mol. The van der Waals surface area contributed by atoms with Gasteiger partial charge in [-0.25, -0.2) is 15.0 Å². The summed E-state index contributed by atoms with van der Waals surface area (Å²) in [6.07, 6.45) is 5.60. The average Bonchev–Trinajstić information content (AvgIpc) is 3.08. The second-order valence-electron chi connectivity index (χ2n) is 10.4. The number of hydrogen-bond donors (Lipinski definition) is 0. The third kappa shape index (κ3) is 4.18. The second-order valence-corrected chi connectivity index (χ2v) is 10.4. The van der Waals surface area contributed by atoms with Crippen LogP contribution in [0.4, 0.5) is 0 Å². The lowest BCUT2D eigenvalue weighted by Crippen LogP contribution is -1.91.